The first-order valence-electron chi connectivity index (χ1n) is 11.5. The van der Waals surface area contributed by atoms with Crippen molar-refractivity contribution >= 4 is 62.6 Å². The number of carbonyl (C=O) groups excluding carboxylic acids is 1. The maximum atomic E-state index is 12.8. The Labute approximate surface area is 222 Å². The molecule has 0 saturated carbocycles. The van der Waals surface area contributed by atoms with Gasteiger partial charge >= 0.3 is 5.97 Å². The number of phenols is 1. The molecule has 4 rings (SSSR count). The van der Waals surface area contributed by atoms with Crippen molar-refractivity contribution in [2.45, 2.75) is 31.5 Å². The van der Waals surface area contributed by atoms with Gasteiger partial charge in [0.15, 0.2) is 0 Å². The lowest BCUT2D eigenvalue weighted by molar-refractivity contribution is -0.138. The zero-order valence-corrected chi connectivity index (χ0v) is 21.6. The van der Waals surface area contributed by atoms with Crippen LogP contribution >= 0.6 is 34.5 Å². The summed E-state index contributed by atoms with van der Waals surface area (Å²) in [7, 11) is 0. The van der Waals surface area contributed by atoms with Crippen LogP contribution in [0.4, 0.5) is 0 Å². The second-order valence-electron chi connectivity index (χ2n) is 8.78. The summed E-state index contributed by atoms with van der Waals surface area (Å²) in [4.78, 5) is 25.8. The summed E-state index contributed by atoms with van der Waals surface area (Å²) in [5.41, 5.74) is 1.33. The van der Waals surface area contributed by atoms with E-state index in [0.717, 1.165) is 10.1 Å². The number of phenolic OH excluding ortho intramolecular Hbond substituents is 1. The SMILES string of the molecule is O=C(O)CC(NC(O)C1CCN(C(=O)/C=C/c2cc3ccsc3c(Cl)c2Cl)CC1)c1ccc(O)cc1. The summed E-state index contributed by atoms with van der Waals surface area (Å²) >= 11 is 14.3. The Morgan fingerprint density at radius 3 is 2.50 bits per heavy atom. The topological polar surface area (TPSA) is 110 Å². The Morgan fingerprint density at radius 2 is 1.83 bits per heavy atom. The molecule has 1 aromatic heterocycles. The smallest absolute Gasteiger partial charge is 0.305 e. The lowest BCUT2D eigenvalue weighted by Crippen LogP contribution is -2.46. The van der Waals surface area contributed by atoms with Crippen LogP contribution in [-0.4, -0.2) is 51.4 Å². The van der Waals surface area contributed by atoms with Crippen molar-refractivity contribution < 1.29 is 24.9 Å². The third-order valence-electron chi connectivity index (χ3n) is 6.40. The van der Waals surface area contributed by atoms with Gasteiger partial charge in [-0.15, -0.1) is 11.3 Å². The van der Waals surface area contributed by atoms with Gasteiger partial charge in [-0.3, -0.25) is 14.9 Å². The molecule has 3 aromatic rings. The van der Waals surface area contributed by atoms with Gasteiger partial charge in [-0.1, -0.05) is 35.3 Å². The third-order valence-corrected chi connectivity index (χ3v) is 8.34. The molecular weight excluding hydrogens is 523 g/mol. The van der Waals surface area contributed by atoms with Gasteiger partial charge < -0.3 is 20.2 Å². The normalized spacial score (nSPS) is 16.5. The van der Waals surface area contributed by atoms with Gasteiger partial charge in [-0.2, -0.15) is 0 Å². The lowest BCUT2D eigenvalue weighted by atomic mass is 9.93. The monoisotopic (exact) mass is 548 g/mol. The van der Waals surface area contributed by atoms with Crippen molar-refractivity contribution in [3.8, 4) is 5.75 Å². The second-order valence-corrected chi connectivity index (χ2v) is 10.5. The summed E-state index contributed by atoms with van der Waals surface area (Å²) in [5.74, 6) is -1.21. The molecule has 1 amide bonds. The molecule has 1 saturated heterocycles. The van der Waals surface area contributed by atoms with Gasteiger partial charge in [0.25, 0.3) is 0 Å². The molecule has 0 spiro atoms. The number of fused-ring (bicyclic) bond motifs is 1. The van der Waals surface area contributed by atoms with E-state index in [1.807, 2.05) is 17.5 Å². The highest BCUT2D eigenvalue weighted by atomic mass is 35.5. The summed E-state index contributed by atoms with van der Waals surface area (Å²) in [5, 5.41) is 36.4. The number of carbonyl (C=O) groups is 2. The molecule has 0 bridgehead atoms. The second kappa shape index (κ2) is 11.6. The third kappa shape index (κ3) is 6.19. The van der Waals surface area contributed by atoms with Crippen molar-refractivity contribution in [2.75, 3.05) is 13.1 Å². The van der Waals surface area contributed by atoms with E-state index in [9.17, 15) is 24.9 Å². The number of hydrogen-bond acceptors (Lipinski definition) is 6. The molecule has 0 aliphatic carbocycles. The van der Waals surface area contributed by atoms with Gasteiger partial charge in [0.1, 0.15) is 12.0 Å². The van der Waals surface area contributed by atoms with E-state index < -0.39 is 18.2 Å². The van der Waals surface area contributed by atoms with Gasteiger partial charge in [0.2, 0.25) is 5.91 Å². The number of benzene rings is 2. The maximum Gasteiger partial charge on any atom is 0.305 e. The number of rotatable bonds is 8. The average molecular weight is 549 g/mol. The molecule has 1 aliphatic rings. The quantitative estimate of drug-likeness (QED) is 0.225. The minimum Gasteiger partial charge on any atom is -0.508 e. The van der Waals surface area contributed by atoms with E-state index in [1.54, 1.807) is 23.1 Å². The van der Waals surface area contributed by atoms with E-state index in [4.69, 9.17) is 23.2 Å². The first-order valence-corrected chi connectivity index (χ1v) is 13.1. The van der Waals surface area contributed by atoms with Crippen molar-refractivity contribution in [3.05, 3.63) is 69.0 Å². The maximum absolute atomic E-state index is 12.8. The number of likely N-dealkylation sites (tertiary alicyclic amines) is 1. The average Bonchev–Trinajstić information content (AvgIpc) is 3.34. The number of nitrogens with zero attached hydrogens (tertiary/aromatic N) is 1. The zero-order chi connectivity index (χ0) is 25.8. The van der Waals surface area contributed by atoms with E-state index in [2.05, 4.69) is 5.32 Å². The number of aromatic hydroxyl groups is 1. The number of hydrogen-bond donors (Lipinski definition) is 4. The summed E-state index contributed by atoms with van der Waals surface area (Å²) < 4.78 is 0.912. The van der Waals surface area contributed by atoms with Gasteiger partial charge in [-0.25, -0.2) is 0 Å². The van der Waals surface area contributed by atoms with Crippen LogP contribution in [0.15, 0.2) is 47.9 Å². The van der Waals surface area contributed by atoms with Crippen molar-refractivity contribution in [1.29, 1.82) is 0 Å². The molecule has 1 fully saturated rings. The van der Waals surface area contributed by atoms with Crippen LogP contribution in [0.3, 0.4) is 0 Å². The number of carboxylic acids is 1. The highest BCUT2D eigenvalue weighted by Gasteiger charge is 2.29. The fourth-order valence-electron chi connectivity index (χ4n) is 4.39. The predicted octanol–water partition coefficient (Wildman–Crippen LogP) is 5.29. The molecule has 10 heteroatoms. The first-order chi connectivity index (χ1) is 17.2. The summed E-state index contributed by atoms with van der Waals surface area (Å²) in [6.45, 7) is 0.931. The Hall–Kier alpha value is -2.62. The van der Waals surface area contributed by atoms with Crippen LogP contribution < -0.4 is 5.32 Å². The molecule has 36 heavy (non-hydrogen) atoms. The number of nitrogens with one attached hydrogen (secondary N) is 1. The number of piperidine rings is 1. The highest BCUT2D eigenvalue weighted by Crippen LogP contribution is 2.37. The van der Waals surface area contributed by atoms with Crippen LogP contribution in [-0.2, 0) is 9.59 Å². The minimum atomic E-state index is -1.00. The number of thiophene rings is 1. The van der Waals surface area contributed by atoms with Gasteiger partial charge in [-0.05, 0) is 65.1 Å². The molecule has 2 heterocycles. The fourth-order valence-corrected chi connectivity index (χ4v) is 5.83. The van der Waals surface area contributed by atoms with Crippen LogP contribution in [0, 0.1) is 5.92 Å². The van der Waals surface area contributed by atoms with Crippen LogP contribution in [0.25, 0.3) is 16.2 Å². The fraction of sp³-hybridized carbons (Fsp3) is 0.308. The van der Waals surface area contributed by atoms with Gasteiger partial charge in [0.05, 0.1) is 21.2 Å². The Kier molecular flexibility index (Phi) is 8.54. The molecule has 1 aliphatic heterocycles. The van der Waals surface area contributed by atoms with Crippen LogP contribution in [0.5, 0.6) is 5.75 Å². The lowest BCUT2D eigenvalue weighted by Gasteiger charge is -2.35. The minimum absolute atomic E-state index is 0.0804. The zero-order valence-electron chi connectivity index (χ0n) is 19.2. The van der Waals surface area contributed by atoms with E-state index in [1.165, 1.54) is 29.5 Å². The van der Waals surface area contributed by atoms with Crippen LogP contribution in [0.2, 0.25) is 10.0 Å². The number of halogens is 2. The summed E-state index contributed by atoms with van der Waals surface area (Å²) in [6, 6.07) is 9.47. The van der Waals surface area contributed by atoms with Crippen molar-refractivity contribution in [1.82, 2.24) is 10.2 Å². The molecule has 7 nitrogen and oxygen atoms in total. The predicted molar refractivity (Wildman–Crippen MR) is 142 cm³/mol. The van der Waals surface area contributed by atoms with E-state index in [-0.39, 0.29) is 24.0 Å². The van der Waals surface area contributed by atoms with Crippen molar-refractivity contribution in [2.24, 2.45) is 5.92 Å². The molecular formula is C26H26Cl2N2O5S. The van der Waals surface area contributed by atoms with E-state index >= 15 is 0 Å². The molecule has 2 atom stereocenters. The number of carboxylic acid groups (broad SMARTS) is 1. The Balaban J connectivity index is 1.34. The van der Waals surface area contributed by atoms with Crippen LogP contribution in [0.1, 0.15) is 36.4 Å². The number of aliphatic hydroxyl groups excluding tert-OH is 1. The Morgan fingerprint density at radius 1 is 1.14 bits per heavy atom. The highest BCUT2D eigenvalue weighted by molar-refractivity contribution is 7.18. The molecule has 2 aromatic carbocycles. The standard InChI is InChI=1S/C26H26Cl2N2O5S/c27-23-17(13-18-9-12-36-25(18)24(23)28)3-6-21(32)30-10-7-16(8-11-30)26(35)29-20(14-22(33)34)15-1-4-19(31)5-2-15/h1-6,9,12-13,16,20,26,29,31,35H,7-8,10-11,14H2,(H,33,34)/b6-3+. The Bertz CT molecular complexity index is 1270. The number of aliphatic carboxylic acids is 1. The summed E-state index contributed by atoms with van der Waals surface area (Å²) in [6.07, 6.45) is 3.14. The number of aliphatic hydroxyl groups is 1. The first kappa shape index (κ1) is 26.4. The van der Waals surface area contributed by atoms with Crippen molar-refractivity contribution in [3.63, 3.8) is 0 Å². The molecule has 4 N–H and O–H groups in total. The molecule has 2 unspecified atom stereocenters. The van der Waals surface area contributed by atoms with Gasteiger partial charge in [0, 0.05) is 31.1 Å². The molecule has 190 valence electrons. The number of amides is 1. The van der Waals surface area contributed by atoms with E-state index in [0.29, 0.717) is 47.1 Å². The molecule has 0 radical (unpaired) electrons. The largest absolute Gasteiger partial charge is 0.508 e.